The van der Waals surface area contributed by atoms with Gasteiger partial charge in [0.25, 0.3) is 0 Å². The van der Waals surface area contributed by atoms with Gasteiger partial charge in [0.1, 0.15) is 0 Å². The van der Waals surface area contributed by atoms with Crippen LogP contribution in [-0.4, -0.2) is 22.4 Å². The Morgan fingerprint density at radius 3 is 2.80 bits per heavy atom. The van der Waals surface area contributed by atoms with Gasteiger partial charge in [-0.05, 0) is 36.8 Å². The third kappa shape index (κ3) is 3.17. The molecule has 1 aromatic rings. The van der Waals surface area contributed by atoms with Crippen LogP contribution in [0.5, 0.6) is 0 Å². The van der Waals surface area contributed by atoms with Crippen molar-refractivity contribution in [2.24, 2.45) is 10.4 Å². The Bertz CT molecular complexity index is 466. The van der Waals surface area contributed by atoms with Crippen molar-refractivity contribution in [3.05, 3.63) is 30.1 Å². The lowest BCUT2D eigenvalue weighted by atomic mass is 9.75. The van der Waals surface area contributed by atoms with Crippen LogP contribution in [0.2, 0.25) is 0 Å². The number of aliphatic imine (C=N–C) groups is 1. The van der Waals surface area contributed by atoms with Gasteiger partial charge < -0.3 is 5.32 Å². The van der Waals surface area contributed by atoms with E-state index in [2.05, 4.69) is 23.3 Å². The highest BCUT2D eigenvalue weighted by Gasteiger charge is 2.35. The lowest BCUT2D eigenvalue weighted by Gasteiger charge is -2.38. The second-order valence-electron chi connectivity index (χ2n) is 6.12. The van der Waals surface area contributed by atoms with Gasteiger partial charge >= 0.3 is 0 Å². The summed E-state index contributed by atoms with van der Waals surface area (Å²) in [5.41, 5.74) is 1.72. The second kappa shape index (κ2) is 6.17. The van der Waals surface area contributed by atoms with Crippen LogP contribution in [-0.2, 0) is 0 Å². The summed E-state index contributed by atoms with van der Waals surface area (Å²) in [4.78, 5) is 9.00. The predicted octanol–water partition coefficient (Wildman–Crippen LogP) is 3.79. The third-order valence-electron chi connectivity index (χ3n) is 4.51. The van der Waals surface area contributed by atoms with Crippen LogP contribution >= 0.6 is 11.8 Å². The molecule has 1 unspecified atom stereocenters. The highest BCUT2D eigenvalue weighted by molar-refractivity contribution is 8.13. The average Bonchev–Trinajstić information content (AvgIpc) is 2.52. The summed E-state index contributed by atoms with van der Waals surface area (Å²) in [6.07, 6.45) is 10.7. The topological polar surface area (TPSA) is 37.3 Å². The molecule has 1 fully saturated rings. The van der Waals surface area contributed by atoms with Gasteiger partial charge in [0.05, 0.1) is 6.04 Å². The summed E-state index contributed by atoms with van der Waals surface area (Å²) < 4.78 is 0. The van der Waals surface area contributed by atoms with Crippen LogP contribution in [0.1, 0.15) is 50.6 Å². The maximum absolute atomic E-state index is 4.82. The quantitative estimate of drug-likeness (QED) is 0.900. The molecule has 1 aliphatic heterocycles. The highest BCUT2D eigenvalue weighted by atomic mass is 32.2. The fourth-order valence-electron chi connectivity index (χ4n) is 3.14. The van der Waals surface area contributed by atoms with Crippen molar-refractivity contribution in [1.29, 1.82) is 0 Å². The summed E-state index contributed by atoms with van der Waals surface area (Å²) in [6.45, 7) is 3.19. The van der Waals surface area contributed by atoms with Gasteiger partial charge in [-0.3, -0.25) is 9.98 Å². The van der Waals surface area contributed by atoms with Gasteiger partial charge in [-0.1, -0.05) is 37.1 Å². The minimum absolute atomic E-state index is 0.273. The van der Waals surface area contributed by atoms with E-state index in [0.717, 1.165) is 11.7 Å². The lowest BCUT2D eigenvalue weighted by molar-refractivity contribution is 0.232. The van der Waals surface area contributed by atoms with Gasteiger partial charge in [0.15, 0.2) is 5.17 Å². The fraction of sp³-hybridized carbons (Fsp3) is 0.625. The minimum Gasteiger partial charge on any atom is -0.358 e. The molecule has 1 aromatic heterocycles. The van der Waals surface area contributed by atoms with E-state index in [4.69, 9.17) is 4.99 Å². The Hall–Kier alpha value is -1.03. The number of amidine groups is 1. The molecule has 1 N–H and O–H groups in total. The van der Waals surface area contributed by atoms with Crippen molar-refractivity contribution >= 4 is 16.9 Å². The van der Waals surface area contributed by atoms with Crippen LogP contribution in [0.4, 0.5) is 0 Å². The molecule has 1 atom stereocenters. The zero-order valence-corrected chi connectivity index (χ0v) is 13.0. The summed E-state index contributed by atoms with van der Waals surface area (Å²) in [6, 6.07) is 4.37. The monoisotopic (exact) mass is 289 g/mol. The maximum atomic E-state index is 4.82. The molecule has 3 nitrogen and oxygen atoms in total. The maximum Gasteiger partial charge on any atom is 0.157 e. The third-order valence-corrected chi connectivity index (χ3v) is 5.79. The van der Waals surface area contributed by atoms with Crippen LogP contribution < -0.4 is 5.32 Å². The predicted molar refractivity (Wildman–Crippen MR) is 86.1 cm³/mol. The molecule has 1 saturated carbocycles. The average molecular weight is 289 g/mol. The molecule has 1 spiro atoms. The van der Waals surface area contributed by atoms with E-state index in [1.807, 2.05) is 30.2 Å². The fourth-order valence-corrected chi connectivity index (χ4v) is 4.38. The number of rotatable bonds is 2. The molecular weight excluding hydrogens is 266 g/mol. The van der Waals surface area contributed by atoms with Crippen molar-refractivity contribution in [3.8, 4) is 0 Å². The summed E-state index contributed by atoms with van der Waals surface area (Å²) >= 11 is 1.91. The number of hydrogen-bond acceptors (Lipinski definition) is 4. The Morgan fingerprint density at radius 1 is 1.30 bits per heavy atom. The van der Waals surface area contributed by atoms with Crippen LogP contribution in [0, 0.1) is 5.41 Å². The Morgan fingerprint density at radius 2 is 2.15 bits per heavy atom. The van der Waals surface area contributed by atoms with E-state index < -0.39 is 0 Å². The zero-order chi connectivity index (χ0) is 13.8. The van der Waals surface area contributed by atoms with E-state index in [-0.39, 0.29) is 6.04 Å². The number of nitrogens with one attached hydrogen (secondary N) is 1. The molecule has 2 heterocycles. The standard InChI is InChI=1S/C16H23N3S/c1-13(14-6-5-9-17-10-14)19-15-18-11-16(12-20-15)7-3-2-4-8-16/h5-6,9-10,13H,2-4,7-8,11-12H2,1H3,(H,18,19). The molecule has 108 valence electrons. The van der Waals surface area contributed by atoms with Crippen LogP contribution in [0.15, 0.2) is 29.5 Å². The van der Waals surface area contributed by atoms with E-state index in [1.54, 1.807) is 0 Å². The van der Waals surface area contributed by atoms with Gasteiger partial charge in [0.2, 0.25) is 0 Å². The van der Waals surface area contributed by atoms with Crippen molar-refractivity contribution < 1.29 is 0 Å². The largest absolute Gasteiger partial charge is 0.358 e. The van der Waals surface area contributed by atoms with Crippen LogP contribution in [0.3, 0.4) is 0 Å². The van der Waals surface area contributed by atoms with Gasteiger partial charge in [-0.15, -0.1) is 0 Å². The van der Waals surface area contributed by atoms with Crippen LogP contribution in [0.25, 0.3) is 0 Å². The van der Waals surface area contributed by atoms with E-state index in [0.29, 0.717) is 5.41 Å². The molecule has 20 heavy (non-hydrogen) atoms. The van der Waals surface area contributed by atoms with Crippen molar-refractivity contribution in [1.82, 2.24) is 10.3 Å². The smallest absolute Gasteiger partial charge is 0.157 e. The zero-order valence-electron chi connectivity index (χ0n) is 12.1. The first-order valence-corrected chi connectivity index (χ1v) is 8.60. The minimum atomic E-state index is 0.273. The lowest BCUT2D eigenvalue weighted by Crippen LogP contribution is -2.37. The van der Waals surface area contributed by atoms with Crippen molar-refractivity contribution in [2.45, 2.75) is 45.1 Å². The Kier molecular flexibility index (Phi) is 4.29. The second-order valence-corrected chi connectivity index (χ2v) is 7.09. The first kappa shape index (κ1) is 13.9. The Labute approximate surface area is 125 Å². The first-order valence-electron chi connectivity index (χ1n) is 7.61. The molecule has 0 bridgehead atoms. The molecule has 0 saturated heterocycles. The molecule has 2 aliphatic rings. The molecule has 4 heteroatoms. The molecule has 3 rings (SSSR count). The number of aromatic nitrogens is 1. The van der Waals surface area contributed by atoms with Crippen molar-refractivity contribution in [2.75, 3.05) is 12.3 Å². The molecular formula is C16H23N3S. The molecule has 1 aliphatic carbocycles. The number of nitrogens with zero attached hydrogens (tertiary/aromatic N) is 2. The summed E-state index contributed by atoms with van der Waals surface area (Å²) in [7, 11) is 0. The SMILES string of the molecule is CC(NC1=NCC2(CCCCC2)CS1)c1cccnc1. The molecule has 0 radical (unpaired) electrons. The normalized spacial score (nSPS) is 23.1. The summed E-state index contributed by atoms with van der Waals surface area (Å²) in [5.74, 6) is 1.23. The van der Waals surface area contributed by atoms with E-state index in [1.165, 1.54) is 43.4 Å². The molecule has 0 amide bonds. The molecule has 0 aromatic carbocycles. The first-order chi connectivity index (χ1) is 9.77. The van der Waals surface area contributed by atoms with E-state index in [9.17, 15) is 0 Å². The number of pyridine rings is 1. The number of hydrogen-bond donors (Lipinski definition) is 1. The highest BCUT2D eigenvalue weighted by Crippen LogP contribution is 2.41. The number of thioether (sulfide) groups is 1. The summed E-state index contributed by atoms with van der Waals surface area (Å²) in [5, 5.41) is 4.64. The van der Waals surface area contributed by atoms with Gasteiger partial charge in [-0.25, -0.2) is 0 Å². The van der Waals surface area contributed by atoms with Gasteiger partial charge in [-0.2, -0.15) is 0 Å². The van der Waals surface area contributed by atoms with Gasteiger partial charge in [0, 0.05) is 24.7 Å². The van der Waals surface area contributed by atoms with Crippen molar-refractivity contribution in [3.63, 3.8) is 0 Å². The Balaban J connectivity index is 1.59. The van der Waals surface area contributed by atoms with E-state index >= 15 is 0 Å².